The molecule has 1 saturated carbocycles. The Balaban J connectivity index is 1.92. The zero-order valence-corrected chi connectivity index (χ0v) is 18.6. The second kappa shape index (κ2) is 7.00. The number of fused-ring (bicyclic) bond motifs is 4. The van der Waals surface area contributed by atoms with E-state index >= 15 is 0 Å². The standard InChI is InChI=1S/C21H28N4O3S/c1-13-14-11-22-18(29-5)23-16(14)25-15(13)17(26)24(19(27)28-20(2,3)4)12-21(25)9-7-6-8-10-21/h11H,6-10,12H2,1-5H3. The van der Waals surface area contributed by atoms with E-state index in [-0.39, 0.29) is 11.4 Å². The number of amides is 2. The third-order valence-corrected chi connectivity index (χ3v) is 6.46. The summed E-state index contributed by atoms with van der Waals surface area (Å²) < 4.78 is 7.70. The molecule has 0 unspecified atom stereocenters. The van der Waals surface area contributed by atoms with Gasteiger partial charge in [-0.15, -0.1) is 0 Å². The molecule has 0 radical (unpaired) electrons. The van der Waals surface area contributed by atoms with Crippen LogP contribution in [-0.4, -0.2) is 49.8 Å². The minimum Gasteiger partial charge on any atom is -0.443 e. The fourth-order valence-electron chi connectivity index (χ4n) is 4.63. The SMILES string of the molecule is CSc1ncc2c(C)c3n(c2n1)C1(CCCCC1)CN(C(=O)OC(C)(C)C)C3=O. The van der Waals surface area contributed by atoms with Crippen LogP contribution in [0.25, 0.3) is 11.0 Å². The molecule has 0 aromatic carbocycles. The third-order valence-electron chi connectivity index (χ3n) is 5.90. The molecule has 4 rings (SSSR count). The average Bonchev–Trinajstić information content (AvgIpc) is 2.97. The summed E-state index contributed by atoms with van der Waals surface area (Å²) in [6.45, 7) is 7.70. The number of ether oxygens (including phenoxy) is 1. The van der Waals surface area contributed by atoms with Crippen LogP contribution >= 0.6 is 11.8 Å². The zero-order valence-electron chi connectivity index (χ0n) is 17.7. The molecule has 1 fully saturated rings. The van der Waals surface area contributed by atoms with Crippen molar-refractivity contribution in [3.05, 3.63) is 17.5 Å². The van der Waals surface area contributed by atoms with E-state index in [2.05, 4.69) is 9.55 Å². The quantitative estimate of drug-likeness (QED) is 0.503. The Kier molecular flexibility index (Phi) is 4.88. The Morgan fingerprint density at radius 1 is 1.24 bits per heavy atom. The molecule has 0 bridgehead atoms. The van der Waals surface area contributed by atoms with Gasteiger partial charge in [0, 0.05) is 11.6 Å². The Morgan fingerprint density at radius 2 is 1.93 bits per heavy atom. The normalized spacial score (nSPS) is 18.9. The number of aromatic nitrogens is 3. The third kappa shape index (κ3) is 3.31. The number of hydrogen-bond donors (Lipinski definition) is 0. The van der Waals surface area contributed by atoms with Crippen LogP contribution in [0.1, 0.15) is 68.9 Å². The number of hydrogen-bond acceptors (Lipinski definition) is 6. The molecular formula is C21H28N4O3S. The minimum atomic E-state index is -0.658. The van der Waals surface area contributed by atoms with Crippen molar-refractivity contribution in [3.63, 3.8) is 0 Å². The highest BCUT2D eigenvalue weighted by Gasteiger charge is 2.48. The molecule has 1 aliphatic carbocycles. The molecule has 3 heterocycles. The van der Waals surface area contributed by atoms with E-state index in [1.165, 1.54) is 23.1 Å². The second-order valence-corrected chi connectivity index (χ2v) is 9.83. The number of carbonyl (C=O) groups is 2. The Labute approximate surface area is 175 Å². The maximum absolute atomic E-state index is 13.5. The number of rotatable bonds is 1. The van der Waals surface area contributed by atoms with Crippen LogP contribution in [0.2, 0.25) is 0 Å². The highest BCUT2D eigenvalue weighted by Crippen LogP contribution is 2.44. The van der Waals surface area contributed by atoms with Crippen LogP contribution in [0.3, 0.4) is 0 Å². The second-order valence-electron chi connectivity index (χ2n) is 9.06. The summed E-state index contributed by atoms with van der Waals surface area (Å²) in [7, 11) is 0. The maximum atomic E-state index is 13.5. The van der Waals surface area contributed by atoms with Crippen LogP contribution in [-0.2, 0) is 10.3 Å². The van der Waals surface area contributed by atoms with E-state index in [0.29, 0.717) is 17.4 Å². The van der Waals surface area contributed by atoms with Gasteiger partial charge in [0.05, 0.1) is 12.1 Å². The lowest BCUT2D eigenvalue weighted by Crippen LogP contribution is -2.57. The van der Waals surface area contributed by atoms with Gasteiger partial charge in [0.2, 0.25) is 0 Å². The van der Waals surface area contributed by atoms with Crippen molar-refractivity contribution < 1.29 is 14.3 Å². The number of nitrogens with zero attached hydrogens (tertiary/aromatic N) is 4. The lowest BCUT2D eigenvalue weighted by Gasteiger charge is -2.46. The Bertz CT molecular complexity index is 986. The lowest BCUT2D eigenvalue weighted by molar-refractivity contribution is 0.00748. The molecule has 2 aliphatic rings. The van der Waals surface area contributed by atoms with Crippen molar-refractivity contribution >= 4 is 34.8 Å². The van der Waals surface area contributed by atoms with Crippen molar-refractivity contribution in [1.29, 1.82) is 0 Å². The van der Waals surface area contributed by atoms with E-state index in [4.69, 9.17) is 9.72 Å². The van der Waals surface area contributed by atoms with Crippen LogP contribution in [0.4, 0.5) is 4.79 Å². The van der Waals surface area contributed by atoms with Gasteiger partial charge < -0.3 is 9.30 Å². The molecule has 29 heavy (non-hydrogen) atoms. The molecule has 156 valence electrons. The van der Waals surface area contributed by atoms with Crippen molar-refractivity contribution in [1.82, 2.24) is 19.4 Å². The Morgan fingerprint density at radius 3 is 2.55 bits per heavy atom. The summed E-state index contributed by atoms with van der Waals surface area (Å²) in [5.41, 5.74) is 1.18. The molecule has 1 aliphatic heterocycles. The molecular weight excluding hydrogens is 388 g/mol. The van der Waals surface area contributed by atoms with Crippen LogP contribution in [0.5, 0.6) is 0 Å². The van der Waals surface area contributed by atoms with Crippen LogP contribution in [0.15, 0.2) is 11.4 Å². The van der Waals surface area contributed by atoms with E-state index in [0.717, 1.165) is 42.3 Å². The van der Waals surface area contributed by atoms with E-state index in [1.807, 2.05) is 34.0 Å². The molecule has 0 atom stereocenters. The summed E-state index contributed by atoms with van der Waals surface area (Å²) in [6, 6.07) is 0. The highest BCUT2D eigenvalue weighted by molar-refractivity contribution is 7.98. The largest absolute Gasteiger partial charge is 0.443 e. The number of imide groups is 1. The van der Waals surface area contributed by atoms with Gasteiger partial charge in [-0.3, -0.25) is 4.79 Å². The van der Waals surface area contributed by atoms with Crippen molar-refractivity contribution in [2.75, 3.05) is 12.8 Å². The Hall–Kier alpha value is -2.09. The van der Waals surface area contributed by atoms with Gasteiger partial charge in [-0.05, 0) is 52.4 Å². The summed E-state index contributed by atoms with van der Waals surface area (Å²) in [5, 5.41) is 1.56. The van der Waals surface area contributed by atoms with Gasteiger partial charge in [0.25, 0.3) is 5.91 Å². The predicted octanol–water partition coefficient (Wildman–Crippen LogP) is 4.51. The first-order valence-corrected chi connectivity index (χ1v) is 11.4. The molecule has 0 saturated heterocycles. The van der Waals surface area contributed by atoms with Crippen LogP contribution in [0, 0.1) is 6.92 Å². The molecule has 2 amide bonds. The average molecular weight is 417 g/mol. The predicted molar refractivity (Wildman–Crippen MR) is 112 cm³/mol. The number of carbonyl (C=O) groups excluding carboxylic acids is 2. The molecule has 2 aromatic rings. The number of aryl methyl sites for hydroxylation is 1. The number of thioether (sulfide) groups is 1. The van der Waals surface area contributed by atoms with Crippen molar-refractivity contribution in [2.45, 2.75) is 76.1 Å². The molecule has 7 nitrogen and oxygen atoms in total. The topological polar surface area (TPSA) is 77.3 Å². The summed E-state index contributed by atoms with van der Waals surface area (Å²) in [6.07, 6.45) is 8.29. The van der Waals surface area contributed by atoms with Crippen molar-refractivity contribution in [2.24, 2.45) is 0 Å². The van der Waals surface area contributed by atoms with Crippen molar-refractivity contribution in [3.8, 4) is 0 Å². The molecule has 2 aromatic heterocycles. The van der Waals surface area contributed by atoms with E-state index in [9.17, 15) is 9.59 Å². The molecule has 1 spiro atoms. The minimum absolute atomic E-state index is 0.309. The van der Waals surface area contributed by atoms with Gasteiger partial charge in [0.1, 0.15) is 16.9 Å². The first-order chi connectivity index (χ1) is 13.7. The zero-order chi connectivity index (χ0) is 21.0. The van der Waals surface area contributed by atoms with Gasteiger partial charge in [-0.1, -0.05) is 31.0 Å². The lowest BCUT2D eigenvalue weighted by atomic mass is 9.79. The van der Waals surface area contributed by atoms with Gasteiger partial charge in [0.15, 0.2) is 5.16 Å². The van der Waals surface area contributed by atoms with Gasteiger partial charge in [-0.2, -0.15) is 0 Å². The summed E-state index contributed by atoms with van der Waals surface area (Å²) in [4.78, 5) is 36.9. The maximum Gasteiger partial charge on any atom is 0.417 e. The summed E-state index contributed by atoms with van der Waals surface area (Å²) >= 11 is 1.49. The van der Waals surface area contributed by atoms with Crippen LogP contribution < -0.4 is 0 Å². The highest BCUT2D eigenvalue weighted by atomic mass is 32.2. The molecule has 8 heteroatoms. The first-order valence-electron chi connectivity index (χ1n) is 10.1. The first kappa shape index (κ1) is 20.2. The van der Waals surface area contributed by atoms with Gasteiger partial charge in [-0.25, -0.2) is 19.7 Å². The van der Waals surface area contributed by atoms with E-state index < -0.39 is 11.7 Å². The fraction of sp³-hybridized carbons (Fsp3) is 0.619. The smallest absolute Gasteiger partial charge is 0.417 e. The monoisotopic (exact) mass is 416 g/mol. The molecule has 0 N–H and O–H groups in total. The van der Waals surface area contributed by atoms with Gasteiger partial charge >= 0.3 is 6.09 Å². The van der Waals surface area contributed by atoms with E-state index in [1.54, 1.807) is 6.20 Å². The summed E-state index contributed by atoms with van der Waals surface area (Å²) in [5.74, 6) is -0.309. The fourth-order valence-corrected chi connectivity index (χ4v) is 4.97.